The van der Waals surface area contributed by atoms with Gasteiger partial charge in [0.15, 0.2) is 0 Å². The van der Waals surface area contributed by atoms with Crippen molar-refractivity contribution in [2.75, 3.05) is 17.9 Å². The predicted octanol–water partition coefficient (Wildman–Crippen LogP) is 2.89. The van der Waals surface area contributed by atoms with Gasteiger partial charge in [-0.25, -0.2) is 9.97 Å². The molecular formula is C18H16N6O4. The number of anilines is 3. The van der Waals surface area contributed by atoms with E-state index in [-0.39, 0.29) is 11.6 Å². The molecular weight excluding hydrogens is 364 g/mol. The molecule has 0 aliphatic rings. The van der Waals surface area contributed by atoms with Crippen molar-refractivity contribution in [1.29, 1.82) is 0 Å². The molecule has 0 saturated heterocycles. The van der Waals surface area contributed by atoms with Crippen LogP contribution in [0.1, 0.15) is 10.4 Å². The van der Waals surface area contributed by atoms with Gasteiger partial charge in [-0.1, -0.05) is 30.3 Å². The monoisotopic (exact) mass is 380 g/mol. The van der Waals surface area contributed by atoms with Crippen molar-refractivity contribution in [3.8, 4) is 5.75 Å². The molecule has 3 N–H and O–H groups in total. The Morgan fingerprint density at radius 3 is 2.43 bits per heavy atom. The molecule has 0 spiro atoms. The minimum absolute atomic E-state index is 0.0547. The standard InChI is InChI=1S/C18H16N6O4/c1-28-14-10-6-5-9-13(14)21-16-15(24(26)27)17(20-11-19-16)22-23-18(25)12-7-3-2-4-8-12/h2-11H,1H3,(H,23,25)(H2,19,20,21,22). The zero-order chi connectivity index (χ0) is 19.9. The lowest BCUT2D eigenvalue weighted by molar-refractivity contribution is -0.383. The summed E-state index contributed by atoms with van der Waals surface area (Å²) in [7, 11) is 1.49. The van der Waals surface area contributed by atoms with Gasteiger partial charge in [0.2, 0.25) is 11.6 Å². The second-order valence-electron chi connectivity index (χ2n) is 5.45. The molecule has 28 heavy (non-hydrogen) atoms. The number of carbonyl (C=O) groups is 1. The average Bonchev–Trinajstić information content (AvgIpc) is 2.73. The minimum atomic E-state index is -0.644. The van der Waals surface area contributed by atoms with Gasteiger partial charge in [-0.15, -0.1) is 0 Å². The molecule has 0 saturated carbocycles. The van der Waals surface area contributed by atoms with Crippen molar-refractivity contribution in [1.82, 2.24) is 15.4 Å². The van der Waals surface area contributed by atoms with Gasteiger partial charge >= 0.3 is 5.69 Å². The Morgan fingerprint density at radius 2 is 1.71 bits per heavy atom. The largest absolute Gasteiger partial charge is 0.495 e. The van der Waals surface area contributed by atoms with E-state index in [9.17, 15) is 14.9 Å². The van der Waals surface area contributed by atoms with Gasteiger partial charge in [0, 0.05) is 5.56 Å². The summed E-state index contributed by atoms with van der Waals surface area (Å²) in [5, 5.41) is 14.5. The summed E-state index contributed by atoms with van der Waals surface area (Å²) in [6.45, 7) is 0. The summed E-state index contributed by atoms with van der Waals surface area (Å²) < 4.78 is 5.23. The number of amides is 1. The zero-order valence-corrected chi connectivity index (χ0v) is 14.7. The van der Waals surface area contributed by atoms with E-state index < -0.39 is 16.5 Å². The van der Waals surface area contributed by atoms with E-state index in [2.05, 4.69) is 26.1 Å². The molecule has 2 aromatic carbocycles. The molecule has 0 radical (unpaired) electrons. The second-order valence-corrected chi connectivity index (χ2v) is 5.45. The summed E-state index contributed by atoms with van der Waals surface area (Å²) >= 11 is 0. The molecule has 10 heteroatoms. The van der Waals surface area contributed by atoms with Crippen molar-refractivity contribution < 1.29 is 14.5 Å². The van der Waals surface area contributed by atoms with Crippen LogP contribution in [-0.4, -0.2) is 27.9 Å². The fraction of sp³-hybridized carbons (Fsp3) is 0.0556. The summed E-state index contributed by atoms with van der Waals surface area (Å²) in [5.74, 6) is -0.197. The molecule has 0 aliphatic heterocycles. The Labute approximate surface area is 159 Å². The number of rotatable bonds is 7. The van der Waals surface area contributed by atoms with Crippen LogP contribution < -0.4 is 20.9 Å². The Bertz CT molecular complexity index is 996. The van der Waals surface area contributed by atoms with Crippen LogP contribution in [0.4, 0.5) is 23.0 Å². The van der Waals surface area contributed by atoms with Crippen molar-refractivity contribution in [3.63, 3.8) is 0 Å². The highest BCUT2D eigenvalue weighted by Gasteiger charge is 2.24. The van der Waals surface area contributed by atoms with Crippen LogP contribution >= 0.6 is 0 Å². The molecule has 10 nitrogen and oxygen atoms in total. The molecule has 0 atom stereocenters. The number of hydrogen-bond donors (Lipinski definition) is 3. The van der Waals surface area contributed by atoms with Gasteiger partial charge in [0.25, 0.3) is 5.91 Å². The molecule has 142 valence electrons. The first-order valence-corrected chi connectivity index (χ1v) is 8.11. The maximum Gasteiger partial charge on any atom is 0.355 e. The van der Waals surface area contributed by atoms with Gasteiger partial charge in [-0.05, 0) is 24.3 Å². The number of methoxy groups -OCH3 is 1. The van der Waals surface area contributed by atoms with Crippen LogP contribution in [0.15, 0.2) is 60.9 Å². The van der Waals surface area contributed by atoms with Crippen molar-refractivity contribution in [3.05, 3.63) is 76.6 Å². The molecule has 0 unspecified atom stereocenters. The third-order valence-electron chi connectivity index (χ3n) is 3.70. The molecule has 3 rings (SSSR count). The number of benzene rings is 2. The number of hydrazine groups is 1. The van der Waals surface area contributed by atoms with E-state index in [1.165, 1.54) is 7.11 Å². The van der Waals surface area contributed by atoms with E-state index in [0.29, 0.717) is 17.0 Å². The Kier molecular flexibility index (Phi) is 5.60. The second kappa shape index (κ2) is 8.45. The number of nitro groups is 1. The van der Waals surface area contributed by atoms with E-state index in [0.717, 1.165) is 6.33 Å². The van der Waals surface area contributed by atoms with Crippen LogP contribution in [0, 0.1) is 10.1 Å². The summed E-state index contributed by atoms with van der Waals surface area (Å²) in [6, 6.07) is 15.3. The van der Waals surface area contributed by atoms with E-state index in [1.807, 2.05) is 0 Å². The van der Waals surface area contributed by atoms with Gasteiger partial charge in [0.05, 0.1) is 17.7 Å². The summed E-state index contributed by atoms with van der Waals surface area (Å²) in [4.78, 5) is 30.9. The highest BCUT2D eigenvalue weighted by molar-refractivity contribution is 5.95. The lowest BCUT2D eigenvalue weighted by Crippen LogP contribution is -2.30. The van der Waals surface area contributed by atoms with Crippen LogP contribution in [0.3, 0.4) is 0 Å². The first-order chi connectivity index (χ1) is 13.6. The van der Waals surface area contributed by atoms with Crippen molar-refractivity contribution in [2.45, 2.75) is 0 Å². The normalized spacial score (nSPS) is 10.0. The highest BCUT2D eigenvalue weighted by Crippen LogP contribution is 2.33. The average molecular weight is 380 g/mol. The van der Waals surface area contributed by atoms with Gasteiger partial charge in [0.1, 0.15) is 12.1 Å². The molecule has 0 fully saturated rings. The van der Waals surface area contributed by atoms with E-state index in [4.69, 9.17) is 4.74 Å². The Hall–Kier alpha value is -4.21. The molecule has 3 aromatic rings. The number of aromatic nitrogens is 2. The topological polar surface area (TPSA) is 131 Å². The summed E-state index contributed by atoms with van der Waals surface area (Å²) in [6.07, 6.45) is 1.14. The predicted molar refractivity (Wildman–Crippen MR) is 102 cm³/mol. The molecule has 1 heterocycles. The van der Waals surface area contributed by atoms with Gasteiger partial charge in [-0.2, -0.15) is 0 Å². The van der Waals surface area contributed by atoms with E-state index >= 15 is 0 Å². The van der Waals surface area contributed by atoms with Crippen LogP contribution in [-0.2, 0) is 0 Å². The lowest BCUT2D eigenvalue weighted by atomic mass is 10.2. The first kappa shape index (κ1) is 18.6. The van der Waals surface area contributed by atoms with Crippen molar-refractivity contribution >= 4 is 28.9 Å². The summed E-state index contributed by atoms with van der Waals surface area (Å²) in [5.41, 5.74) is 5.32. The Balaban J connectivity index is 1.85. The molecule has 1 aromatic heterocycles. The van der Waals surface area contributed by atoms with Crippen LogP contribution in [0.2, 0.25) is 0 Å². The van der Waals surface area contributed by atoms with Crippen LogP contribution in [0.25, 0.3) is 0 Å². The lowest BCUT2D eigenvalue weighted by Gasteiger charge is -2.12. The number of ether oxygens (including phenoxy) is 1. The Morgan fingerprint density at radius 1 is 1.04 bits per heavy atom. The van der Waals surface area contributed by atoms with Crippen molar-refractivity contribution in [2.24, 2.45) is 0 Å². The van der Waals surface area contributed by atoms with E-state index in [1.54, 1.807) is 54.6 Å². The number of carbonyl (C=O) groups excluding carboxylic acids is 1. The zero-order valence-electron chi connectivity index (χ0n) is 14.7. The molecule has 0 bridgehead atoms. The minimum Gasteiger partial charge on any atom is -0.495 e. The maximum atomic E-state index is 12.1. The molecule has 0 aliphatic carbocycles. The SMILES string of the molecule is COc1ccccc1Nc1ncnc(NNC(=O)c2ccccc2)c1[N+](=O)[O-]. The number of nitrogens with one attached hydrogen (secondary N) is 3. The fourth-order valence-corrected chi connectivity index (χ4v) is 2.39. The third kappa shape index (κ3) is 4.12. The quantitative estimate of drug-likeness (QED) is 0.421. The molecule has 1 amide bonds. The number of hydrogen-bond acceptors (Lipinski definition) is 8. The highest BCUT2D eigenvalue weighted by atomic mass is 16.6. The van der Waals surface area contributed by atoms with Gasteiger partial charge in [-0.3, -0.25) is 25.8 Å². The number of nitrogens with zero attached hydrogens (tertiary/aromatic N) is 3. The third-order valence-corrected chi connectivity index (χ3v) is 3.70. The maximum absolute atomic E-state index is 12.1. The smallest absolute Gasteiger partial charge is 0.355 e. The number of para-hydroxylation sites is 2. The van der Waals surface area contributed by atoms with Gasteiger partial charge < -0.3 is 10.1 Å². The van der Waals surface area contributed by atoms with Crippen LogP contribution in [0.5, 0.6) is 5.75 Å². The fourth-order valence-electron chi connectivity index (χ4n) is 2.39. The first-order valence-electron chi connectivity index (χ1n) is 8.11.